The summed E-state index contributed by atoms with van der Waals surface area (Å²) in [6, 6.07) is 36.0. The Morgan fingerprint density at radius 1 is 0.809 bits per heavy atom. The average Bonchev–Trinajstić information content (AvgIpc) is 3.13. The molecule has 0 aliphatic heterocycles. The van der Waals surface area contributed by atoms with Crippen molar-refractivity contribution in [3.05, 3.63) is 155 Å². The molecule has 1 saturated carbocycles. The fourth-order valence-electron chi connectivity index (χ4n) is 7.50. The molecule has 238 valence electrons. The van der Waals surface area contributed by atoms with E-state index < -0.39 is 39.5 Å². The number of rotatable bonds is 8. The van der Waals surface area contributed by atoms with Crippen LogP contribution in [-0.4, -0.2) is 35.9 Å². The maximum atomic E-state index is 15.0. The van der Waals surface area contributed by atoms with Gasteiger partial charge in [-0.1, -0.05) is 103 Å². The molecule has 7 atom stereocenters. The smallest absolute Gasteiger partial charge is 0.169 e. The van der Waals surface area contributed by atoms with Crippen molar-refractivity contribution in [3.8, 4) is 17.6 Å². The number of carbonyl (C=O) groups is 1. The Balaban J connectivity index is 1.72. The maximum Gasteiger partial charge on any atom is 0.169 e. The minimum atomic E-state index is -1.68. The number of ketones is 1. The second kappa shape index (κ2) is 13.4. The molecule has 0 radical (unpaired) electrons. The highest BCUT2D eigenvalue weighted by Crippen LogP contribution is 2.66. The zero-order valence-electron chi connectivity index (χ0n) is 26.1. The number of benzene rings is 4. The van der Waals surface area contributed by atoms with Crippen LogP contribution in [0.4, 0.5) is 0 Å². The number of nitrogens with zero attached hydrogens (tertiary/aromatic N) is 1. The van der Waals surface area contributed by atoms with E-state index in [9.17, 15) is 10.4 Å². The van der Waals surface area contributed by atoms with Gasteiger partial charge in [-0.05, 0) is 52.9 Å². The highest BCUT2D eigenvalue weighted by atomic mass is 35.5. The van der Waals surface area contributed by atoms with Crippen LogP contribution in [0.3, 0.4) is 0 Å². The molecule has 6 rings (SSSR count). The van der Waals surface area contributed by atoms with Crippen LogP contribution >= 0.6 is 23.2 Å². The summed E-state index contributed by atoms with van der Waals surface area (Å²) in [6.07, 6.45) is 5.58. The molecule has 0 amide bonds. The third-order valence-corrected chi connectivity index (χ3v) is 10.7. The van der Waals surface area contributed by atoms with Crippen LogP contribution in [0.25, 0.3) is 0 Å². The van der Waals surface area contributed by atoms with Gasteiger partial charge in [0, 0.05) is 17.4 Å². The third-order valence-electron chi connectivity index (χ3n) is 9.78. The Kier molecular flexibility index (Phi) is 9.30. The summed E-state index contributed by atoms with van der Waals surface area (Å²) in [5.41, 5.74) is 0.172. The number of halogens is 2. The van der Waals surface area contributed by atoms with Gasteiger partial charge in [0.15, 0.2) is 5.78 Å². The maximum absolute atomic E-state index is 15.0. The van der Waals surface area contributed by atoms with Gasteiger partial charge < -0.3 is 14.6 Å². The molecular formula is C40H35Cl2NO4. The molecule has 1 fully saturated rings. The Morgan fingerprint density at radius 3 is 1.89 bits per heavy atom. The number of allylic oxidation sites excluding steroid dienone is 4. The molecule has 7 heteroatoms. The molecule has 0 bridgehead atoms. The topological polar surface area (TPSA) is 79.6 Å². The highest BCUT2D eigenvalue weighted by molar-refractivity contribution is 6.32. The molecule has 0 spiro atoms. The normalized spacial score (nSPS) is 28.5. The van der Waals surface area contributed by atoms with Crippen molar-refractivity contribution in [2.24, 2.45) is 11.3 Å². The van der Waals surface area contributed by atoms with Crippen LogP contribution in [0.15, 0.2) is 133 Å². The van der Waals surface area contributed by atoms with Gasteiger partial charge in [0.2, 0.25) is 0 Å². The van der Waals surface area contributed by atoms with Crippen LogP contribution in [0.1, 0.15) is 45.3 Å². The van der Waals surface area contributed by atoms with E-state index >= 15 is 4.79 Å². The minimum Gasteiger partial charge on any atom is -0.497 e. The van der Waals surface area contributed by atoms with E-state index in [1.807, 2.05) is 109 Å². The molecule has 5 nitrogen and oxygen atoms in total. The van der Waals surface area contributed by atoms with E-state index in [2.05, 4.69) is 6.07 Å². The van der Waals surface area contributed by atoms with Crippen molar-refractivity contribution in [1.29, 1.82) is 5.26 Å². The molecule has 0 saturated heterocycles. The molecular weight excluding hydrogens is 629 g/mol. The van der Waals surface area contributed by atoms with E-state index in [1.54, 1.807) is 32.4 Å². The van der Waals surface area contributed by atoms with Crippen LogP contribution in [-0.2, 0) is 5.60 Å². The fourth-order valence-corrected chi connectivity index (χ4v) is 7.87. The quantitative estimate of drug-likeness (QED) is 0.151. The first-order valence-electron chi connectivity index (χ1n) is 15.5. The van der Waals surface area contributed by atoms with Gasteiger partial charge in [-0.15, -0.1) is 23.2 Å². The van der Waals surface area contributed by atoms with Crippen LogP contribution < -0.4 is 9.47 Å². The van der Waals surface area contributed by atoms with Gasteiger partial charge in [0.25, 0.3) is 0 Å². The highest BCUT2D eigenvalue weighted by Gasteiger charge is 2.65. The zero-order valence-corrected chi connectivity index (χ0v) is 27.6. The third kappa shape index (κ3) is 5.76. The van der Waals surface area contributed by atoms with Crippen molar-refractivity contribution in [3.63, 3.8) is 0 Å². The lowest BCUT2D eigenvalue weighted by Crippen LogP contribution is -2.56. The van der Waals surface area contributed by atoms with E-state index in [-0.39, 0.29) is 12.2 Å². The summed E-state index contributed by atoms with van der Waals surface area (Å²) in [5, 5.41) is 23.9. The summed E-state index contributed by atoms with van der Waals surface area (Å²) in [4.78, 5) is 15.0. The first-order chi connectivity index (χ1) is 22.8. The molecule has 0 unspecified atom stereocenters. The van der Waals surface area contributed by atoms with Crippen molar-refractivity contribution in [1.82, 2.24) is 0 Å². The summed E-state index contributed by atoms with van der Waals surface area (Å²) in [5.74, 6) is -1.48. The average molecular weight is 665 g/mol. The number of alkyl halides is 2. The molecule has 0 aromatic heterocycles. The Hall–Kier alpha value is -4.34. The van der Waals surface area contributed by atoms with Gasteiger partial charge in [-0.3, -0.25) is 4.79 Å². The standard InChI is InChI=1S/C40H35Cl2NO4/c1-46-31-18-13-26(14-19-31)33-24-40(45,29-11-7-4-8-12-29)37(38(44)28-9-5-3-6-10-28)36(27-15-20-32(47-2)21-16-27)39(33,25-43)30-17-22-34(41)35(42)23-30/h3-23,33-37,45H,24H2,1-2H3/t33-,34-,35-,36-,37+,39-,40-/m0/s1. The summed E-state index contributed by atoms with van der Waals surface area (Å²) in [6.45, 7) is 0. The van der Waals surface area contributed by atoms with Crippen LogP contribution in [0, 0.1) is 22.7 Å². The molecule has 4 aromatic carbocycles. The molecule has 2 aliphatic rings. The monoisotopic (exact) mass is 663 g/mol. The Bertz CT molecular complexity index is 1820. The van der Waals surface area contributed by atoms with Crippen molar-refractivity contribution >= 4 is 29.0 Å². The lowest BCUT2D eigenvalue weighted by Gasteiger charge is -2.56. The number of ether oxygens (including phenoxy) is 2. The van der Waals surface area contributed by atoms with E-state index in [1.165, 1.54) is 0 Å². The molecule has 1 N–H and O–H groups in total. The van der Waals surface area contributed by atoms with Gasteiger partial charge in [-0.2, -0.15) is 5.26 Å². The number of aliphatic hydroxyl groups is 1. The second-order valence-corrected chi connectivity index (χ2v) is 13.1. The second-order valence-electron chi connectivity index (χ2n) is 12.1. The Morgan fingerprint density at radius 2 is 1.36 bits per heavy atom. The van der Waals surface area contributed by atoms with Crippen molar-refractivity contribution in [2.45, 2.75) is 34.6 Å². The van der Waals surface area contributed by atoms with E-state index in [0.717, 1.165) is 5.56 Å². The molecule has 4 aromatic rings. The summed E-state index contributed by atoms with van der Waals surface area (Å²) < 4.78 is 11.0. The van der Waals surface area contributed by atoms with Gasteiger partial charge in [0.05, 0.1) is 42.4 Å². The molecule has 0 heterocycles. The number of methoxy groups -OCH3 is 2. The van der Waals surface area contributed by atoms with Crippen molar-refractivity contribution in [2.75, 3.05) is 14.2 Å². The molecule has 47 heavy (non-hydrogen) atoms. The number of hydrogen-bond donors (Lipinski definition) is 1. The van der Waals surface area contributed by atoms with Crippen LogP contribution in [0.2, 0.25) is 0 Å². The number of carbonyl (C=O) groups excluding carboxylic acids is 1. The summed E-state index contributed by atoms with van der Waals surface area (Å²) >= 11 is 13.3. The van der Waals surface area contributed by atoms with Crippen LogP contribution in [0.5, 0.6) is 11.5 Å². The zero-order chi connectivity index (χ0) is 33.2. The Labute approximate surface area is 285 Å². The predicted molar refractivity (Wildman–Crippen MR) is 185 cm³/mol. The first-order valence-corrected chi connectivity index (χ1v) is 16.4. The predicted octanol–water partition coefficient (Wildman–Crippen LogP) is 8.58. The van der Waals surface area contributed by atoms with Crippen molar-refractivity contribution < 1.29 is 19.4 Å². The number of hydrogen-bond acceptors (Lipinski definition) is 5. The SMILES string of the molecule is COc1ccc([C@@H]2C[C@](O)(c3ccccc3)[C@@H](C(=O)c3ccccc3)[C@H](c3ccc(OC)cc3)[C@@]2(C#N)C2=C[C@H](Cl)[C@@H](Cl)C=C2)cc1. The summed E-state index contributed by atoms with van der Waals surface area (Å²) in [7, 11) is 3.19. The lowest BCUT2D eigenvalue weighted by molar-refractivity contribution is -0.0812. The first kappa shape index (κ1) is 32.6. The van der Waals surface area contributed by atoms with E-state index in [0.29, 0.717) is 33.8 Å². The minimum absolute atomic E-state index is 0.0786. The largest absolute Gasteiger partial charge is 0.497 e. The van der Waals surface area contributed by atoms with E-state index in [4.69, 9.17) is 32.7 Å². The molecule has 2 aliphatic carbocycles. The van der Waals surface area contributed by atoms with Gasteiger partial charge in [0.1, 0.15) is 17.1 Å². The fraction of sp³-hybridized carbons (Fsp3) is 0.250. The lowest BCUT2D eigenvalue weighted by atomic mass is 9.45. The number of nitriles is 1. The van der Waals surface area contributed by atoms with Gasteiger partial charge in [-0.25, -0.2) is 0 Å². The number of Topliss-reactive ketones (excluding diaryl/α,β-unsaturated/α-hetero) is 1. The van der Waals surface area contributed by atoms with Gasteiger partial charge >= 0.3 is 0 Å².